The second-order valence-electron chi connectivity index (χ2n) is 7.29. The highest BCUT2D eigenvalue weighted by Crippen LogP contribution is 2.36. The van der Waals surface area contributed by atoms with Gasteiger partial charge < -0.3 is 4.43 Å². The van der Waals surface area contributed by atoms with Crippen molar-refractivity contribution in [3.8, 4) is 0 Å². The smallest absolute Gasteiger partial charge is 0.192 e. The van der Waals surface area contributed by atoms with Gasteiger partial charge >= 0.3 is 0 Å². The molecule has 0 saturated carbocycles. The van der Waals surface area contributed by atoms with Crippen LogP contribution in [-0.2, 0) is 4.43 Å². The summed E-state index contributed by atoms with van der Waals surface area (Å²) >= 11 is 0. The van der Waals surface area contributed by atoms with Gasteiger partial charge in [0.25, 0.3) is 0 Å². The summed E-state index contributed by atoms with van der Waals surface area (Å²) in [4.78, 5) is 3.89. The van der Waals surface area contributed by atoms with Crippen LogP contribution >= 0.6 is 0 Å². The molecule has 0 saturated heterocycles. The zero-order valence-electron chi connectivity index (χ0n) is 14.3. The van der Waals surface area contributed by atoms with E-state index in [1.807, 2.05) is 6.92 Å². The fourth-order valence-electron chi connectivity index (χ4n) is 1.75. The van der Waals surface area contributed by atoms with Crippen LogP contribution in [0.5, 0.6) is 0 Å². The minimum absolute atomic E-state index is 0.220. The first-order chi connectivity index (χ1) is 9.53. The maximum absolute atomic E-state index is 13.2. The lowest BCUT2D eigenvalue weighted by Gasteiger charge is -2.36. The van der Waals surface area contributed by atoms with Crippen molar-refractivity contribution in [3.63, 3.8) is 0 Å². The highest BCUT2D eigenvalue weighted by Gasteiger charge is 2.37. The van der Waals surface area contributed by atoms with Gasteiger partial charge in [-0.05, 0) is 48.2 Å². The van der Waals surface area contributed by atoms with Crippen molar-refractivity contribution >= 4 is 13.9 Å². The van der Waals surface area contributed by atoms with E-state index in [2.05, 4.69) is 51.8 Å². The van der Waals surface area contributed by atoms with Crippen molar-refractivity contribution < 1.29 is 8.82 Å². The standard InChI is InChI=1S/C17H28FNOSi/c1-13(12-20-21(6,7)17(3,4)5)8-14(2)15-9-16(18)11-19-10-15/h8-11,13H,12H2,1-7H3/b14-8+/t13-/m0/s1. The monoisotopic (exact) mass is 309 g/mol. The van der Waals surface area contributed by atoms with Gasteiger partial charge in [-0.1, -0.05) is 33.8 Å². The Hall–Kier alpha value is -1.00. The molecule has 0 fully saturated rings. The molecule has 1 heterocycles. The number of rotatable bonds is 5. The fourth-order valence-corrected chi connectivity index (χ4v) is 2.87. The average Bonchev–Trinajstić information content (AvgIpc) is 2.35. The number of hydrogen-bond acceptors (Lipinski definition) is 2. The number of aromatic nitrogens is 1. The number of halogens is 1. The number of hydrogen-bond donors (Lipinski definition) is 0. The Morgan fingerprint density at radius 2 is 2.00 bits per heavy atom. The summed E-state index contributed by atoms with van der Waals surface area (Å²) in [6, 6.07) is 1.51. The van der Waals surface area contributed by atoms with Gasteiger partial charge in [-0.25, -0.2) is 4.39 Å². The molecule has 0 spiro atoms. The maximum Gasteiger partial charge on any atom is 0.192 e. The molecule has 0 bridgehead atoms. The van der Waals surface area contributed by atoms with Gasteiger partial charge in [0.15, 0.2) is 8.32 Å². The van der Waals surface area contributed by atoms with Crippen LogP contribution in [0, 0.1) is 11.7 Å². The molecular weight excluding hydrogens is 281 g/mol. The molecule has 1 atom stereocenters. The molecule has 118 valence electrons. The molecule has 21 heavy (non-hydrogen) atoms. The zero-order chi connectivity index (χ0) is 16.3. The molecule has 2 nitrogen and oxygen atoms in total. The van der Waals surface area contributed by atoms with Crippen molar-refractivity contribution in [1.82, 2.24) is 4.98 Å². The van der Waals surface area contributed by atoms with E-state index in [1.165, 1.54) is 12.3 Å². The lowest BCUT2D eigenvalue weighted by molar-refractivity contribution is 0.259. The topological polar surface area (TPSA) is 22.1 Å². The van der Waals surface area contributed by atoms with Gasteiger partial charge in [0, 0.05) is 12.8 Å². The molecular formula is C17H28FNOSi. The molecule has 0 unspecified atom stereocenters. The fraction of sp³-hybridized carbons (Fsp3) is 0.588. The van der Waals surface area contributed by atoms with Crippen molar-refractivity contribution in [3.05, 3.63) is 35.9 Å². The minimum Gasteiger partial charge on any atom is -0.416 e. The second kappa shape index (κ2) is 6.84. The van der Waals surface area contributed by atoms with Crippen molar-refractivity contribution in [2.24, 2.45) is 5.92 Å². The quantitative estimate of drug-likeness (QED) is 0.690. The molecule has 0 aliphatic heterocycles. The predicted molar refractivity (Wildman–Crippen MR) is 90.2 cm³/mol. The van der Waals surface area contributed by atoms with Crippen molar-refractivity contribution in [2.45, 2.75) is 52.8 Å². The van der Waals surface area contributed by atoms with E-state index in [0.29, 0.717) is 12.5 Å². The Bertz CT molecular complexity index is 506. The Morgan fingerprint density at radius 3 is 2.52 bits per heavy atom. The lowest BCUT2D eigenvalue weighted by atomic mass is 10.0. The highest BCUT2D eigenvalue weighted by atomic mass is 28.4. The largest absolute Gasteiger partial charge is 0.416 e. The maximum atomic E-state index is 13.2. The summed E-state index contributed by atoms with van der Waals surface area (Å²) in [5.41, 5.74) is 1.86. The van der Waals surface area contributed by atoms with E-state index in [-0.39, 0.29) is 10.9 Å². The van der Waals surface area contributed by atoms with Crippen molar-refractivity contribution in [2.75, 3.05) is 6.61 Å². The number of allylic oxidation sites excluding steroid dienone is 1. The lowest BCUT2D eigenvalue weighted by Crippen LogP contribution is -2.41. The molecule has 4 heteroatoms. The Morgan fingerprint density at radius 1 is 1.38 bits per heavy atom. The van der Waals surface area contributed by atoms with Gasteiger partial charge in [0.1, 0.15) is 5.82 Å². The second-order valence-corrected chi connectivity index (χ2v) is 12.1. The van der Waals surface area contributed by atoms with Gasteiger partial charge in [-0.2, -0.15) is 0 Å². The third-order valence-corrected chi connectivity index (χ3v) is 8.71. The van der Waals surface area contributed by atoms with E-state index in [9.17, 15) is 4.39 Å². The third-order valence-electron chi connectivity index (χ3n) is 4.21. The molecule has 0 aromatic carbocycles. The summed E-state index contributed by atoms with van der Waals surface area (Å²) in [5.74, 6) is -0.00665. The highest BCUT2D eigenvalue weighted by molar-refractivity contribution is 6.74. The Balaban J connectivity index is 2.69. The predicted octanol–water partition coefficient (Wildman–Crippen LogP) is 5.28. The van der Waals surface area contributed by atoms with E-state index in [1.54, 1.807) is 6.20 Å². The summed E-state index contributed by atoms with van der Waals surface area (Å²) in [6.45, 7) is 16.1. The van der Waals surface area contributed by atoms with E-state index in [4.69, 9.17) is 4.43 Å². The Labute approximate surface area is 129 Å². The Kier molecular flexibility index (Phi) is 5.88. The molecule has 0 amide bonds. The summed E-state index contributed by atoms with van der Waals surface area (Å²) in [6.07, 6.45) is 5.04. The van der Waals surface area contributed by atoms with Gasteiger partial charge in [-0.15, -0.1) is 0 Å². The molecule has 0 aliphatic carbocycles. The molecule has 0 aliphatic rings. The van der Waals surface area contributed by atoms with Gasteiger partial charge in [-0.3, -0.25) is 4.98 Å². The third kappa shape index (κ3) is 5.36. The van der Waals surface area contributed by atoms with Crippen LogP contribution in [0.3, 0.4) is 0 Å². The van der Waals surface area contributed by atoms with Crippen LogP contribution < -0.4 is 0 Å². The first kappa shape index (κ1) is 18.0. The SMILES string of the molecule is C/C(=C\[C@H](C)CO[Si](C)(C)C(C)(C)C)c1cncc(F)c1. The average molecular weight is 310 g/mol. The van der Waals surface area contributed by atoms with Gasteiger partial charge in [0.2, 0.25) is 0 Å². The van der Waals surface area contributed by atoms with Crippen molar-refractivity contribution in [1.29, 1.82) is 0 Å². The summed E-state index contributed by atoms with van der Waals surface area (Å²) in [7, 11) is -1.71. The van der Waals surface area contributed by atoms with Crippen LogP contribution in [0.1, 0.15) is 40.2 Å². The molecule has 1 aromatic rings. The van der Waals surface area contributed by atoms with Crippen LogP contribution in [0.2, 0.25) is 18.1 Å². The normalized spacial score (nSPS) is 15.1. The number of nitrogens with zero attached hydrogens (tertiary/aromatic N) is 1. The molecule has 0 N–H and O–H groups in total. The number of pyridine rings is 1. The van der Waals surface area contributed by atoms with E-state index >= 15 is 0 Å². The molecule has 1 aromatic heterocycles. The summed E-state index contributed by atoms with van der Waals surface area (Å²) < 4.78 is 19.4. The molecule has 1 rings (SSSR count). The summed E-state index contributed by atoms with van der Waals surface area (Å²) in [5, 5.41) is 0.220. The first-order valence-electron chi connectivity index (χ1n) is 7.46. The molecule has 0 radical (unpaired) electrons. The van der Waals surface area contributed by atoms with E-state index in [0.717, 1.165) is 11.1 Å². The minimum atomic E-state index is -1.71. The van der Waals surface area contributed by atoms with E-state index < -0.39 is 8.32 Å². The first-order valence-corrected chi connectivity index (χ1v) is 10.4. The zero-order valence-corrected chi connectivity index (χ0v) is 15.3. The van der Waals surface area contributed by atoms with Crippen LogP contribution in [0.25, 0.3) is 5.57 Å². The van der Waals surface area contributed by atoms with Gasteiger partial charge in [0.05, 0.1) is 6.20 Å². The van der Waals surface area contributed by atoms with Crippen LogP contribution in [-0.4, -0.2) is 19.9 Å². The van der Waals surface area contributed by atoms with Crippen LogP contribution in [0.15, 0.2) is 24.5 Å². The van der Waals surface area contributed by atoms with Crippen LogP contribution in [0.4, 0.5) is 4.39 Å².